The molecule has 192 valence electrons. The predicted molar refractivity (Wildman–Crippen MR) is 114 cm³/mol. The van der Waals surface area contributed by atoms with Gasteiger partial charge in [-0.25, -0.2) is 14.4 Å². The summed E-state index contributed by atoms with van der Waals surface area (Å²) in [6, 6.07) is 1.14. The van der Waals surface area contributed by atoms with Crippen LogP contribution in [0, 0.1) is 0 Å². The second kappa shape index (κ2) is 13.1. The minimum absolute atomic E-state index is 0.0121. The fourth-order valence-electron chi connectivity index (χ4n) is 3.20. The first-order valence-electron chi connectivity index (χ1n) is 11.2. The Kier molecular flexibility index (Phi) is 10.5. The average molecular weight is 491 g/mol. The first-order valence-corrected chi connectivity index (χ1v) is 11.2. The Balaban J connectivity index is 2.12. The number of carbonyl (C=O) groups is 2. The fraction of sp³-hybridized carbons (Fsp3) is 0.714. The lowest BCUT2D eigenvalue weighted by atomic mass is 10.1. The number of ether oxygens (including phenoxy) is 5. The van der Waals surface area contributed by atoms with Crippen molar-refractivity contribution < 1.29 is 42.1 Å². The van der Waals surface area contributed by atoms with Crippen molar-refractivity contribution in [2.45, 2.75) is 76.7 Å². The number of halogens is 2. The van der Waals surface area contributed by atoms with Crippen LogP contribution >= 0.6 is 0 Å². The van der Waals surface area contributed by atoms with Crippen LogP contribution in [0.3, 0.4) is 0 Å². The van der Waals surface area contributed by atoms with Gasteiger partial charge in [0.15, 0.2) is 0 Å². The van der Waals surface area contributed by atoms with E-state index >= 15 is 8.78 Å². The number of anilines is 1. The number of hydrogen-bond acceptors (Lipinski definition) is 10. The fourth-order valence-corrected chi connectivity index (χ4v) is 3.20. The molecule has 1 saturated heterocycles. The first kappa shape index (κ1) is 27.3. The van der Waals surface area contributed by atoms with Gasteiger partial charge in [-0.1, -0.05) is 39.5 Å². The van der Waals surface area contributed by atoms with Gasteiger partial charge in [0.1, 0.15) is 18.5 Å². The summed E-state index contributed by atoms with van der Waals surface area (Å²) in [5.41, 5.74) is 4.32. The third kappa shape index (κ3) is 7.54. The lowest BCUT2D eigenvalue weighted by Crippen LogP contribution is -2.45. The maximum absolute atomic E-state index is 15.3. The van der Waals surface area contributed by atoms with Gasteiger partial charge in [-0.05, 0) is 18.9 Å². The molecule has 0 aromatic carbocycles. The summed E-state index contributed by atoms with van der Waals surface area (Å²) in [7, 11) is 0. The van der Waals surface area contributed by atoms with Gasteiger partial charge in [0.05, 0.1) is 13.2 Å². The maximum atomic E-state index is 15.3. The van der Waals surface area contributed by atoms with Crippen molar-refractivity contribution in [3.05, 3.63) is 22.7 Å². The predicted octanol–water partition coefficient (Wildman–Crippen LogP) is 3.41. The Morgan fingerprint density at radius 1 is 1.09 bits per heavy atom. The molecule has 0 saturated carbocycles. The topological polar surface area (TPSA) is 141 Å². The third-order valence-corrected chi connectivity index (χ3v) is 4.98. The molecule has 1 aromatic rings. The molecule has 0 radical (unpaired) electrons. The van der Waals surface area contributed by atoms with Gasteiger partial charge in [0.25, 0.3) is 0 Å². The van der Waals surface area contributed by atoms with E-state index < -0.39 is 49.0 Å². The summed E-state index contributed by atoms with van der Waals surface area (Å²) in [4.78, 5) is 39.3. The van der Waals surface area contributed by atoms with Crippen molar-refractivity contribution in [3.63, 3.8) is 0 Å². The molecule has 0 amide bonds. The highest BCUT2D eigenvalue weighted by Crippen LogP contribution is 2.44. The number of nitrogens with zero attached hydrogens (tertiary/aromatic N) is 2. The summed E-state index contributed by atoms with van der Waals surface area (Å²) in [5, 5.41) is 0. The van der Waals surface area contributed by atoms with E-state index in [1.807, 2.05) is 13.8 Å². The minimum atomic E-state index is -3.90. The summed E-state index contributed by atoms with van der Waals surface area (Å²) >= 11 is 0. The van der Waals surface area contributed by atoms with Crippen LogP contribution in [0.25, 0.3) is 0 Å². The van der Waals surface area contributed by atoms with Gasteiger partial charge in [-0.3, -0.25) is 4.57 Å². The molecule has 2 rings (SSSR count). The molecular weight excluding hydrogens is 460 g/mol. The van der Waals surface area contributed by atoms with Gasteiger partial charge in [-0.2, -0.15) is 13.8 Å². The van der Waals surface area contributed by atoms with Crippen molar-refractivity contribution in [1.82, 2.24) is 9.55 Å². The standard InChI is InChI=1S/C21H31F2N3O8/c1-3-5-7-11-30-19(28)32-13-14-16(34-20(29)31-12-8-6-4-2)21(22,23)17(33-14)26-10-9-15(24)25-18(26)27/h9-10,14,16-17H,3-8,11-13H2,1-2H3,(H2,24,25,27)/t14-,16-,17-/m1/s1. The van der Waals surface area contributed by atoms with Gasteiger partial charge >= 0.3 is 23.9 Å². The zero-order valence-electron chi connectivity index (χ0n) is 19.2. The van der Waals surface area contributed by atoms with Crippen LogP contribution in [-0.4, -0.2) is 59.8 Å². The molecule has 1 fully saturated rings. The van der Waals surface area contributed by atoms with Crippen LogP contribution in [0.15, 0.2) is 17.1 Å². The highest BCUT2D eigenvalue weighted by atomic mass is 19.3. The number of unbranched alkanes of at least 4 members (excludes halogenated alkanes) is 4. The SMILES string of the molecule is CCCCCOC(=O)OC[C@H]1O[C@@H](n2ccc(N)nc2=O)C(F)(F)[C@@H]1OC(=O)OCCCCC. The molecule has 0 bridgehead atoms. The van der Waals surface area contributed by atoms with Crippen LogP contribution in [0.2, 0.25) is 0 Å². The van der Waals surface area contributed by atoms with Crippen LogP contribution in [-0.2, 0) is 23.7 Å². The smallest absolute Gasteiger partial charge is 0.434 e. The Hall–Kier alpha value is -2.96. The van der Waals surface area contributed by atoms with Crippen molar-refractivity contribution in [2.24, 2.45) is 0 Å². The third-order valence-electron chi connectivity index (χ3n) is 4.98. The monoisotopic (exact) mass is 491 g/mol. The largest absolute Gasteiger partial charge is 0.508 e. The van der Waals surface area contributed by atoms with E-state index in [-0.39, 0.29) is 19.0 Å². The van der Waals surface area contributed by atoms with E-state index in [9.17, 15) is 14.4 Å². The molecule has 11 nitrogen and oxygen atoms in total. The van der Waals surface area contributed by atoms with E-state index in [0.29, 0.717) is 17.4 Å². The summed E-state index contributed by atoms with van der Waals surface area (Å²) in [6.45, 7) is 3.30. The molecule has 1 aliphatic heterocycles. The number of nitrogen functional groups attached to an aromatic ring is 1. The van der Waals surface area contributed by atoms with Crippen LogP contribution < -0.4 is 11.4 Å². The maximum Gasteiger partial charge on any atom is 0.508 e. The minimum Gasteiger partial charge on any atom is -0.434 e. The second-order valence-electron chi connectivity index (χ2n) is 7.70. The summed E-state index contributed by atoms with van der Waals surface area (Å²) < 4.78 is 55.8. The Labute approximate surface area is 195 Å². The molecule has 0 unspecified atom stereocenters. The lowest BCUT2D eigenvalue weighted by molar-refractivity contribution is -0.146. The van der Waals surface area contributed by atoms with Crippen LogP contribution in [0.4, 0.5) is 24.2 Å². The lowest BCUT2D eigenvalue weighted by Gasteiger charge is -2.23. The van der Waals surface area contributed by atoms with Crippen molar-refractivity contribution in [2.75, 3.05) is 25.6 Å². The molecule has 2 N–H and O–H groups in total. The molecule has 3 atom stereocenters. The molecule has 1 aliphatic rings. The zero-order chi connectivity index (χ0) is 25.1. The Morgan fingerprint density at radius 2 is 1.71 bits per heavy atom. The number of aromatic nitrogens is 2. The quantitative estimate of drug-likeness (QED) is 0.341. The van der Waals surface area contributed by atoms with E-state index in [2.05, 4.69) is 4.98 Å². The van der Waals surface area contributed by atoms with Gasteiger partial charge in [-0.15, -0.1) is 0 Å². The summed E-state index contributed by atoms with van der Waals surface area (Å²) in [6.07, 6.45) is -2.90. The normalized spacial score (nSPS) is 21.1. The number of alkyl halides is 2. The molecule has 1 aromatic heterocycles. The number of hydrogen-bond donors (Lipinski definition) is 1. The van der Waals surface area contributed by atoms with Crippen molar-refractivity contribution in [1.29, 1.82) is 0 Å². The van der Waals surface area contributed by atoms with E-state index in [1.165, 1.54) is 0 Å². The molecular formula is C21H31F2N3O8. The molecule has 0 spiro atoms. The van der Waals surface area contributed by atoms with Crippen molar-refractivity contribution >= 4 is 18.1 Å². The van der Waals surface area contributed by atoms with Gasteiger partial charge < -0.3 is 29.4 Å². The van der Waals surface area contributed by atoms with Gasteiger partial charge in [0, 0.05) is 6.20 Å². The highest BCUT2D eigenvalue weighted by molar-refractivity contribution is 5.61. The Bertz CT molecular complexity index is 867. The van der Waals surface area contributed by atoms with Crippen LogP contribution in [0.1, 0.15) is 58.6 Å². The summed E-state index contributed by atoms with van der Waals surface area (Å²) in [5.74, 6) is -4.07. The molecule has 2 heterocycles. The number of carbonyl (C=O) groups excluding carboxylic acids is 2. The molecule has 34 heavy (non-hydrogen) atoms. The van der Waals surface area contributed by atoms with Gasteiger partial charge in [0.2, 0.25) is 12.3 Å². The van der Waals surface area contributed by atoms with E-state index in [0.717, 1.165) is 37.9 Å². The zero-order valence-corrected chi connectivity index (χ0v) is 19.2. The van der Waals surface area contributed by atoms with E-state index in [4.69, 9.17) is 29.4 Å². The number of nitrogens with two attached hydrogens (primary N) is 1. The van der Waals surface area contributed by atoms with E-state index in [1.54, 1.807) is 0 Å². The first-order chi connectivity index (χ1) is 16.2. The average Bonchev–Trinajstić information content (AvgIpc) is 3.02. The van der Waals surface area contributed by atoms with Crippen LogP contribution in [0.5, 0.6) is 0 Å². The second-order valence-corrected chi connectivity index (χ2v) is 7.70. The van der Waals surface area contributed by atoms with Crippen molar-refractivity contribution in [3.8, 4) is 0 Å². The Morgan fingerprint density at radius 3 is 2.29 bits per heavy atom. The molecule has 0 aliphatic carbocycles. The highest BCUT2D eigenvalue weighted by Gasteiger charge is 2.63. The molecule has 13 heteroatoms. The number of rotatable bonds is 12.